The Bertz CT molecular complexity index is 2030. The van der Waals surface area contributed by atoms with Crippen LogP contribution >= 0.6 is 0 Å². The molecule has 0 atom stereocenters. The highest BCUT2D eigenvalue weighted by Gasteiger charge is 2.19. The molecule has 0 N–H and O–H groups in total. The Kier molecular flexibility index (Phi) is 6.87. The lowest BCUT2D eigenvalue weighted by Gasteiger charge is -2.12. The van der Waals surface area contributed by atoms with E-state index in [9.17, 15) is 18.4 Å². The number of rotatable bonds is 7. The van der Waals surface area contributed by atoms with E-state index in [0.717, 1.165) is 0 Å². The molecule has 0 saturated carbocycles. The molecule has 0 unspecified atom stereocenters. The van der Waals surface area contributed by atoms with Crippen LogP contribution in [0.4, 0.5) is 13.2 Å². The molecule has 4 heterocycles. The number of carbonyl (C=O) groups excluding carboxylic acids is 1. The first-order valence-corrected chi connectivity index (χ1v) is 12.8. The molecule has 2 aromatic carbocycles. The molecule has 42 heavy (non-hydrogen) atoms. The van der Waals surface area contributed by atoms with Crippen molar-refractivity contribution in [3.63, 3.8) is 0 Å². The minimum Gasteiger partial charge on any atom is -0.452 e. The maximum absolute atomic E-state index is 15.3. The van der Waals surface area contributed by atoms with E-state index in [2.05, 4.69) is 10.1 Å². The van der Waals surface area contributed by atoms with Crippen LogP contribution in [0.5, 0.6) is 11.5 Å². The van der Waals surface area contributed by atoms with Gasteiger partial charge in [-0.05, 0) is 78.2 Å². The molecule has 0 saturated heterocycles. The van der Waals surface area contributed by atoms with E-state index in [4.69, 9.17) is 4.74 Å². The summed E-state index contributed by atoms with van der Waals surface area (Å²) in [6.07, 6.45) is 5.81. The number of halogens is 3. The molecule has 4 aromatic heterocycles. The molecule has 7 nitrogen and oxygen atoms in total. The van der Waals surface area contributed by atoms with Crippen molar-refractivity contribution >= 4 is 11.3 Å². The van der Waals surface area contributed by atoms with Gasteiger partial charge in [-0.2, -0.15) is 9.49 Å². The molecule has 0 bridgehead atoms. The molecule has 0 radical (unpaired) electrons. The van der Waals surface area contributed by atoms with Gasteiger partial charge >= 0.3 is 0 Å². The molecule has 0 amide bonds. The quantitative estimate of drug-likeness (QED) is 0.163. The number of ether oxygens (including phenoxy) is 1. The number of fused-ring (bicyclic) bond motifs is 1. The second-order valence-electron chi connectivity index (χ2n) is 9.58. The van der Waals surface area contributed by atoms with Crippen molar-refractivity contribution < 1.29 is 22.7 Å². The Morgan fingerprint density at radius 1 is 0.881 bits per heavy atom. The minimum absolute atomic E-state index is 0.0324. The summed E-state index contributed by atoms with van der Waals surface area (Å²) >= 11 is 0. The molecule has 6 aromatic rings. The van der Waals surface area contributed by atoms with Gasteiger partial charge in [0, 0.05) is 48.4 Å². The van der Waals surface area contributed by atoms with E-state index in [1.165, 1.54) is 70.1 Å². The third kappa shape index (κ3) is 5.05. The van der Waals surface area contributed by atoms with Crippen LogP contribution in [-0.4, -0.2) is 24.9 Å². The zero-order chi connectivity index (χ0) is 29.4. The van der Waals surface area contributed by atoms with Gasteiger partial charge in [-0.15, -0.1) is 0 Å². The highest BCUT2D eigenvalue weighted by Crippen LogP contribution is 2.35. The normalized spacial score (nSPS) is 11.1. The lowest BCUT2D eigenvalue weighted by Crippen LogP contribution is -2.27. The van der Waals surface area contributed by atoms with E-state index in [-0.39, 0.29) is 23.5 Å². The van der Waals surface area contributed by atoms with Crippen LogP contribution in [-0.2, 0) is 6.42 Å². The summed E-state index contributed by atoms with van der Waals surface area (Å²) in [5.74, 6) is -2.11. The Balaban J connectivity index is 1.27. The fourth-order valence-electron chi connectivity index (χ4n) is 4.80. The maximum Gasteiger partial charge on any atom is 0.266 e. The number of aryl methyl sites for hydroxylation is 1. The van der Waals surface area contributed by atoms with Gasteiger partial charge < -0.3 is 4.74 Å². The molecule has 0 aliphatic carbocycles. The largest absolute Gasteiger partial charge is 0.452 e. The highest BCUT2D eigenvalue weighted by molar-refractivity contribution is 5.98. The summed E-state index contributed by atoms with van der Waals surface area (Å²) in [6.45, 7) is 1.65. The standard InChI is InChI=1S/C32H21F3N4O3/c1-19-10-14-38(23-5-3-22(33)4-6-23)32(41)30(19)26(40)17-20-2-7-27(25(34)16-20)42-28-9-13-37-39-15-11-24(31(28)39)21-8-12-36-29(35)18-21/h2-16,18H,17H2,1H3. The minimum atomic E-state index is -0.716. The third-order valence-electron chi connectivity index (χ3n) is 6.82. The van der Waals surface area contributed by atoms with Crippen molar-refractivity contribution in [1.82, 2.24) is 19.2 Å². The number of ketones is 1. The van der Waals surface area contributed by atoms with Gasteiger partial charge in [0.25, 0.3) is 5.56 Å². The second kappa shape index (κ2) is 10.8. The smallest absolute Gasteiger partial charge is 0.266 e. The van der Waals surface area contributed by atoms with Gasteiger partial charge in [0.05, 0.1) is 11.8 Å². The molecular formula is C32H21F3N4O3. The second-order valence-corrected chi connectivity index (χ2v) is 9.58. The topological polar surface area (TPSA) is 78.5 Å². The molecule has 0 aliphatic heterocycles. The molecule has 0 fully saturated rings. The zero-order valence-electron chi connectivity index (χ0n) is 22.1. The number of carbonyl (C=O) groups is 1. The average molecular weight is 567 g/mol. The van der Waals surface area contributed by atoms with Crippen LogP contribution in [0, 0.1) is 24.5 Å². The van der Waals surface area contributed by atoms with E-state index in [1.807, 2.05) is 0 Å². The molecule has 6 rings (SSSR count). The molecule has 0 aliphatic rings. The van der Waals surface area contributed by atoms with E-state index >= 15 is 4.39 Å². The Morgan fingerprint density at radius 3 is 2.45 bits per heavy atom. The highest BCUT2D eigenvalue weighted by atomic mass is 19.1. The number of aromatic nitrogens is 4. The van der Waals surface area contributed by atoms with E-state index in [1.54, 1.807) is 43.5 Å². The predicted octanol–water partition coefficient (Wildman–Crippen LogP) is 6.49. The number of hydrogen-bond acceptors (Lipinski definition) is 5. The van der Waals surface area contributed by atoms with Crippen LogP contribution in [0.2, 0.25) is 0 Å². The Morgan fingerprint density at radius 2 is 1.69 bits per heavy atom. The molecular weight excluding hydrogens is 545 g/mol. The van der Waals surface area contributed by atoms with Gasteiger partial charge in [0.1, 0.15) is 11.3 Å². The average Bonchev–Trinajstić information content (AvgIpc) is 3.41. The molecule has 208 valence electrons. The van der Waals surface area contributed by atoms with Gasteiger partial charge in [-0.3, -0.25) is 14.2 Å². The number of Topliss-reactive ketones (excluding diaryl/α,β-unsaturated/α-hetero) is 1. The van der Waals surface area contributed by atoms with Crippen molar-refractivity contribution in [3.8, 4) is 28.3 Å². The monoisotopic (exact) mass is 566 g/mol. The SMILES string of the molecule is Cc1ccn(-c2ccc(F)cc2)c(=O)c1C(=O)Cc1ccc(Oc2ccnn3ccc(-c4ccnc(F)c4)c23)c(F)c1. The lowest BCUT2D eigenvalue weighted by atomic mass is 10.0. The van der Waals surface area contributed by atoms with Crippen molar-refractivity contribution in [2.45, 2.75) is 13.3 Å². The number of nitrogens with zero attached hydrogens (tertiary/aromatic N) is 4. The van der Waals surface area contributed by atoms with Gasteiger partial charge in [-0.25, -0.2) is 18.3 Å². The number of benzene rings is 2. The first-order valence-electron chi connectivity index (χ1n) is 12.8. The fourth-order valence-corrected chi connectivity index (χ4v) is 4.80. The summed E-state index contributed by atoms with van der Waals surface area (Å²) in [4.78, 5) is 30.0. The van der Waals surface area contributed by atoms with Crippen molar-refractivity contribution in [3.05, 3.63) is 142 Å². The van der Waals surface area contributed by atoms with Gasteiger partial charge in [0.15, 0.2) is 23.1 Å². The summed E-state index contributed by atoms with van der Waals surface area (Å²) in [7, 11) is 0. The molecule has 10 heteroatoms. The van der Waals surface area contributed by atoms with Crippen molar-refractivity contribution in [1.29, 1.82) is 0 Å². The van der Waals surface area contributed by atoms with E-state index < -0.39 is 28.9 Å². The summed E-state index contributed by atoms with van der Waals surface area (Å²) in [5.41, 5.74) is 2.31. The molecule has 0 spiro atoms. The number of hydrogen-bond donors (Lipinski definition) is 0. The summed E-state index contributed by atoms with van der Waals surface area (Å²) in [5, 5.41) is 4.25. The third-order valence-corrected chi connectivity index (χ3v) is 6.82. The lowest BCUT2D eigenvalue weighted by molar-refractivity contribution is 0.0990. The fraction of sp³-hybridized carbons (Fsp3) is 0.0625. The first-order chi connectivity index (χ1) is 20.3. The van der Waals surface area contributed by atoms with Gasteiger partial charge in [0.2, 0.25) is 5.95 Å². The Hall–Kier alpha value is -5.51. The Labute approximate surface area is 237 Å². The summed E-state index contributed by atoms with van der Waals surface area (Å²) < 4.78 is 51.1. The zero-order valence-corrected chi connectivity index (χ0v) is 22.1. The van der Waals surface area contributed by atoms with E-state index in [0.29, 0.717) is 33.5 Å². The van der Waals surface area contributed by atoms with Crippen LogP contribution in [0.3, 0.4) is 0 Å². The van der Waals surface area contributed by atoms with Crippen LogP contribution in [0.15, 0.2) is 102 Å². The van der Waals surface area contributed by atoms with Gasteiger partial charge in [-0.1, -0.05) is 6.07 Å². The first kappa shape index (κ1) is 26.7. The van der Waals surface area contributed by atoms with Crippen molar-refractivity contribution in [2.75, 3.05) is 0 Å². The van der Waals surface area contributed by atoms with Crippen LogP contribution in [0.1, 0.15) is 21.5 Å². The maximum atomic E-state index is 15.3. The van der Waals surface area contributed by atoms with Crippen molar-refractivity contribution in [2.24, 2.45) is 0 Å². The predicted molar refractivity (Wildman–Crippen MR) is 150 cm³/mol. The van der Waals surface area contributed by atoms with Crippen LogP contribution < -0.4 is 10.3 Å². The van der Waals surface area contributed by atoms with Crippen LogP contribution in [0.25, 0.3) is 22.3 Å². The number of pyridine rings is 2. The summed E-state index contributed by atoms with van der Waals surface area (Å²) in [6, 6.07) is 17.3.